The molecule has 0 aromatic carbocycles. The second kappa shape index (κ2) is 4.20. The maximum Gasteiger partial charge on any atom is 0.115 e. The van der Waals surface area contributed by atoms with Gasteiger partial charge in [0.2, 0.25) is 0 Å². The molecule has 2 aliphatic rings. The third kappa shape index (κ3) is 1.76. The van der Waals surface area contributed by atoms with Gasteiger partial charge in [0.25, 0.3) is 0 Å². The summed E-state index contributed by atoms with van der Waals surface area (Å²) in [6.45, 7) is 5.32. The Morgan fingerprint density at radius 2 is 2.31 bits per heavy atom. The lowest BCUT2D eigenvalue weighted by Gasteiger charge is -2.27. The fourth-order valence-corrected chi connectivity index (χ4v) is 2.04. The molecule has 1 fully saturated rings. The van der Waals surface area contributed by atoms with Crippen molar-refractivity contribution in [2.75, 3.05) is 19.7 Å². The van der Waals surface area contributed by atoms with E-state index in [2.05, 4.69) is 0 Å². The molecular weight excluding hydrogens is 169 g/mol. The summed E-state index contributed by atoms with van der Waals surface area (Å²) in [5.74, 6) is 0. The van der Waals surface area contributed by atoms with Gasteiger partial charge in [-0.2, -0.15) is 0 Å². The van der Waals surface area contributed by atoms with E-state index in [1.54, 1.807) is 0 Å². The van der Waals surface area contributed by atoms with Gasteiger partial charge < -0.3 is 5.11 Å². The van der Waals surface area contributed by atoms with Crippen LogP contribution in [0.15, 0.2) is 12.2 Å². The van der Waals surface area contributed by atoms with Gasteiger partial charge in [-0.25, -0.2) is 4.39 Å². The minimum atomic E-state index is -0.757. The van der Waals surface area contributed by atoms with Gasteiger partial charge in [0.1, 0.15) is 6.17 Å². The topological polar surface area (TPSA) is 23.5 Å². The maximum absolute atomic E-state index is 12.9. The van der Waals surface area contributed by atoms with Gasteiger partial charge in [0, 0.05) is 19.5 Å². The molecule has 2 heterocycles. The van der Waals surface area contributed by atoms with Crippen LogP contribution in [0.4, 0.5) is 4.39 Å². The number of nitrogens with zero attached hydrogens (tertiary/aromatic N) is 1. The van der Waals surface area contributed by atoms with Crippen molar-refractivity contribution in [2.45, 2.75) is 32.0 Å². The molecule has 2 unspecified atom stereocenters. The molecule has 0 aromatic heterocycles. The van der Waals surface area contributed by atoms with Gasteiger partial charge in [0.15, 0.2) is 0 Å². The van der Waals surface area contributed by atoms with Crippen molar-refractivity contribution in [3.63, 3.8) is 0 Å². The van der Waals surface area contributed by atoms with Crippen LogP contribution in [0, 0.1) is 0 Å². The molecule has 2 atom stereocenters. The van der Waals surface area contributed by atoms with E-state index in [0.29, 0.717) is 13.0 Å². The molecule has 0 spiro atoms. The van der Waals surface area contributed by atoms with Crippen LogP contribution in [0.3, 0.4) is 0 Å². The summed E-state index contributed by atoms with van der Waals surface area (Å²) in [5, 5.41) is 9.09. The van der Waals surface area contributed by atoms with Crippen LogP contribution >= 0.6 is 0 Å². The Kier molecular flexibility index (Phi) is 3.45. The first-order valence-corrected chi connectivity index (χ1v) is 4.94. The summed E-state index contributed by atoms with van der Waals surface area (Å²) < 4.78 is 12.9. The Bertz CT molecular complexity index is 195. The molecule has 0 saturated carbocycles. The highest BCUT2D eigenvalue weighted by Crippen LogP contribution is 2.35. The van der Waals surface area contributed by atoms with Crippen LogP contribution in [-0.4, -0.2) is 41.4 Å². The second-order valence-electron chi connectivity index (χ2n) is 3.37. The van der Waals surface area contributed by atoms with E-state index in [1.165, 1.54) is 0 Å². The molecule has 2 aliphatic heterocycles. The normalized spacial score (nSPS) is 37.1. The molecule has 2 nitrogen and oxygen atoms in total. The van der Waals surface area contributed by atoms with E-state index in [4.69, 9.17) is 5.11 Å². The Balaban J connectivity index is 0.000000396. The van der Waals surface area contributed by atoms with Gasteiger partial charge in [-0.1, -0.05) is 26.0 Å². The molecule has 0 aromatic rings. The van der Waals surface area contributed by atoms with Crippen molar-refractivity contribution in [3.05, 3.63) is 12.2 Å². The number of alkyl halides is 1. The average molecular weight is 187 g/mol. The van der Waals surface area contributed by atoms with E-state index in [0.717, 1.165) is 6.54 Å². The number of aliphatic hydroxyl groups excluding tert-OH is 1. The van der Waals surface area contributed by atoms with Crippen LogP contribution < -0.4 is 0 Å². The number of rotatable bonds is 1. The van der Waals surface area contributed by atoms with E-state index >= 15 is 0 Å². The Labute approximate surface area is 79.0 Å². The standard InChI is InChI=1S/C8H12FNO.C2H6/c9-7-4-8(6-11)2-1-3-10(8)5-7;1-2/h1-2,7,11H,3-6H2;1-2H3. The third-order valence-corrected chi connectivity index (χ3v) is 2.65. The van der Waals surface area contributed by atoms with Crippen LogP contribution in [0.1, 0.15) is 20.3 Å². The molecule has 0 aliphatic carbocycles. The predicted molar refractivity (Wildman–Crippen MR) is 51.4 cm³/mol. The van der Waals surface area contributed by atoms with Crippen molar-refractivity contribution < 1.29 is 9.50 Å². The lowest BCUT2D eigenvalue weighted by molar-refractivity contribution is 0.124. The summed E-state index contributed by atoms with van der Waals surface area (Å²) in [4.78, 5) is 2.00. The van der Waals surface area contributed by atoms with Gasteiger partial charge in [0.05, 0.1) is 12.1 Å². The highest BCUT2D eigenvalue weighted by molar-refractivity contribution is 5.19. The number of hydrogen-bond acceptors (Lipinski definition) is 2. The molecular formula is C10H18FNO. The zero-order valence-electron chi connectivity index (χ0n) is 8.33. The fourth-order valence-electron chi connectivity index (χ4n) is 2.04. The van der Waals surface area contributed by atoms with E-state index < -0.39 is 6.17 Å². The second-order valence-corrected chi connectivity index (χ2v) is 3.37. The van der Waals surface area contributed by atoms with Crippen molar-refractivity contribution in [1.29, 1.82) is 0 Å². The molecule has 2 rings (SSSR count). The summed E-state index contributed by atoms with van der Waals surface area (Å²) >= 11 is 0. The lowest BCUT2D eigenvalue weighted by atomic mass is 9.99. The molecule has 0 bridgehead atoms. The Hall–Kier alpha value is -0.410. The quantitative estimate of drug-likeness (QED) is 0.626. The molecule has 0 amide bonds. The molecule has 1 saturated heterocycles. The molecule has 3 heteroatoms. The first kappa shape index (κ1) is 10.7. The van der Waals surface area contributed by atoms with Gasteiger partial charge >= 0.3 is 0 Å². The van der Waals surface area contributed by atoms with Crippen molar-refractivity contribution in [1.82, 2.24) is 4.90 Å². The Morgan fingerprint density at radius 1 is 1.62 bits per heavy atom. The summed E-state index contributed by atoms with van der Waals surface area (Å²) in [5.41, 5.74) is -0.348. The van der Waals surface area contributed by atoms with Crippen LogP contribution in [0.25, 0.3) is 0 Å². The molecule has 0 radical (unpaired) electrons. The summed E-state index contributed by atoms with van der Waals surface area (Å²) in [6, 6.07) is 0. The monoisotopic (exact) mass is 187 g/mol. The maximum atomic E-state index is 12.9. The number of hydrogen-bond donors (Lipinski definition) is 1. The smallest absolute Gasteiger partial charge is 0.115 e. The zero-order valence-corrected chi connectivity index (χ0v) is 8.33. The highest BCUT2D eigenvalue weighted by atomic mass is 19.1. The first-order chi connectivity index (χ1) is 6.27. The Morgan fingerprint density at radius 3 is 2.85 bits per heavy atom. The van der Waals surface area contributed by atoms with E-state index in [-0.39, 0.29) is 12.1 Å². The predicted octanol–water partition coefficient (Wildman–Crippen LogP) is 1.36. The highest BCUT2D eigenvalue weighted by Gasteiger charge is 2.45. The lowest BCUT2D eigenvalue weighted by Crippen LogP contribution is -2.41. The van der Waals surface area contributed by atoms with E-state index in [1.807, 2.05) is 30.9 Å². The number of aliphatic hydroxyl groups is 1. The zero-order chi connectivity index (χ0) is 9.90. The minimum Gasteiger partial charge on any atom is -0.394 e. The van der Waals surface area contributed by atoms with Gasteiger partial charge in [-0.15, -0.1) is 0 Å². The first-order valence-electron chi connectivity index (χ1n) is 4.94. The number of halogens is 1. The fraction of sp³-hybridized carbons (Fsp3) is 0.800. The molecule has 13 heavy (non-hydrogen) atoms. The summed E-state index contributed by atoms with van der Waals surface area (Å²) in [7, 11) is 0. The van der Waals surface area contributed by atoms with Crippen LogP contribution in [0.5, 0.6) is 0 Å². The van der Waals surface area contributed by atoms with Crippen LogP contribution in [-0.2, 0) is 0 Å². The molecule has 76 valence electrons. The molecule has 1 N–H and O–H groups in total. The third-order valence-electron chi connectivity index (χ3n) is 2.65. The number of fused-ring (bicyclic) bond motifs is 1. The minimum absolute atomic E-state index is 0.0456. The van der Waals surface area contributed by atoms with E-state index in [9.17, 15) is 4.39 Å². The SMILES string of the molecule is CC.OCC12C=CCN1CC(F)C2. The van der Waals surface area contributed by atoms with Crippen LogP contribution in [0.2, 0.25) is 0 Å². The van der Waals surface area contributed by atoms with Crippen molar-refractivity contribution >= 4 is 0 Å². The van der Waals surface area contributed by atoms with Gasteiger partial charge in [-0.3, -0.25) is 4.90 Å². The summed E-state index contributed by atoms with van der Waals surface area (Å²) in [6.07, 6.45) is 3.64. The average Bonchev–Trinajstić information content (AvgIpc) is 2.64. The van der Waals surface area contributed by atoms with Crippen molar-refractivity contribution in [3.8, 4) is 0 Å². The van der Waals surface area contributed by atoms with Gasteiger partial charge in [-0.05, 0) is 0 Å². The van der Waals surface area contributed by atoms with Crippen molar-refractivity contribution in [2.24, 2.45) is 0 Å². The largest absolute Gasteiger partial charge is 0.394 e.